The minimum atomic E-state index is -1.16. The largest absolute Gasteiger partial charge is 0.478 e. The van der Waals surface area contributed by atoms with Crippen molar-refractivity contribution < 1.29 is 14.3 Å². The second kappa shape index (κ2) is 4.92. The van der Waals surface area contributed by atoms with Crippen LogP contribution in [0.25, 0.3) is 17.5 Å². The molecular formula is C10H6ClFN4O2. The molecule has 0 aliphatic heterocycles. The third kappa shape index (κ3) is 2.51. The Morgan fingerprint density at radius 3 is 2.89 bits per heavy atom. The first-order chi connectivity index (χ1) is 8.58. The monoisotopic (exact) mass is 268 g/mol. The number of tetrazole rings is 1. The van der Waals surface area contributed by atoms with Gasteiger partial charge in [0.2, 0.25) is 5.82 Å². The summed E-state index contributed by atoms with van der Waals surface area (Å²) in [5.74, 6) is -1.79. The fourth-order valence-electron chi connectivity index (χ4n) is 1.39. The number of benzene rings is 1. The van der Waals surface area contributed by atoms with Gasteiger partial charge in [0.15, 0.2) is 0 Å². The van der Waals surface area contributed by atoms with E-state index in [4.69, 9.17) is 16.7 Å². The van der Waals surface area contributed by atoms with Crippen molar-refractivity contribution in [2.45, 2.75) is 0 Å². The molecule has 6 nitrogen and oxygen atoms in total. The molecule has 1 heterocycles. The van der Waals surface area contributed by atoms with Crippen LogP contribution in [0.1, 0.15) is 5.56 Å². The molecule has 0 aliphatic rings. The number of aromatic nitrogens is 4. The lowest BCUT2D eigenvalue weighted by atomic mass is 10.1. The van der Waals surface area contributed by atoms with E-state index in [0.29, 0.717) is 0 Å². The lowest BCUT2D eigenvalue weighted by Gasteiger charge is -2.04. The number of rotatable bonds is 3. The van der Waals surface area contributed by atoms with Crippen molar-refractivity contribution in [2.24, 2.45) is 0 Å². The van der Waals surface area contributed by atoms with Crippen LogP contribution in [0.4, 0.5) is 4.39 Å². The Bertz CT molecular complexity index is 613. The Hall–Kier alpha value is -2.28. The topological polar surface area (TPSA) is 91.8 Å². The van der Waals surface area contributed by atoms with Gasteiger partial charge < -0.3 is 5.11 Å². The first-order valence-corrected chi connectivity index (χ1v) is 5.09. The van der Waals surface area contributed by atoms with Crippen LogP contribution >= 0.6 is 11.6 Å². The second-order valence-electron chi connectivity index (χ2n) is 3.26. The van der Waals surface area contributed by atoms with Gasteiger partial charge in [-0.25, -0.2) is 9.18 Å². The zero-order valence-corrected chi connectivity index (χ0v) is 9.52. The Morgan fingerprint density at radius 1 is 1.50 bits per heavy atom. The molecule has 0 bridgehead atoms. The van der Waals surface area contributed by atoms with E-state index in [1.54, 1.807) is 0 Å². The average Bonchev–Trinajstić information content (AvgIpc) is 2.78. The van der Waals surface area contributed by atoms with Crippen molar-refractivity contribution in [3.05, 3.63) is 34.6 Å². The number of nitrogens with one attached hydrogen (secondary N) is 1. The molecule has 0 spiro atoms. The van der Waals surface area contributed by atoms with Gasteiger partial charge in [0, 0.05) is 11.1 Å². The molecule has 0 saturated heterocycles. The minimum Gasteiger partial charge on any atom is -0.478 e. The standard InChI is InChI=1S/C10H6ClFN4O2/c11-6-3-5(1-2-8(17)18)9(7(12)4-6)10-13-15-16-14-10/h1-4H,(H,17,18)(H,13,14,15,16)/b2-1+. The molecule has 0 unspecified atom stereocenters. The highest BCUT2D eigenvalue weighted by molar-refractivity contribution is 6.30. The number of H-pyrrole nitrogens is 1. The van der Waals surface area contributed by atoms with Crippen LogP contribution in [0.15, 0.2) is 18.2 Å². The van der Waals surface area contributed by atoms with Crippen LogP contribution in [0, 0.1) is 5.82 Å². The third-order valence-electron chi connectivity index (χ3n) is 2.06. The fraction of sp³-hybridized carbons (Fsp3) is 0. The van der Waals surface area contributed by atoms with Crippen LogP contribution in [-0.4, -0.2) is 31.7 Å². The molecule has 92 valence electrons. The van der Waals surface area contributed by atoms with E-state index in [2.05, 4.69) is 20.6 Å². The summed E-state index contributed by atoms with van der Waals surface area (Å²) in [7, 11) is 0. The highest BCUT2D eigenvalue weighted by Crippen LogP contribution is 2.28. The van der Waals surface area contributed by atoms with Gasteiger partial charge >= 0.3 is 5.97 Å². The van der Waals surface area contributed by atoms with Gasteiger partial charge in [0.1, 0.15) is 5.82 Å². The van der Waals surface area contributed by atoms with E-state index < -0.39 is 11.8 Å². The summed E-state index contributed by atoms with van der Waals surface area (Å²) < 4.78 is 13.8. The number of aliphatic carboxylic acids is 1. The quantitative estimate of drug-likeness (QED) is 0.828. The summed E-state index contributed by atoms with van der Waals surface area (Å²) in [6.45, 7) is 0. The Kier molecular flexibility index (Phi) is 3.33. The molecule has 2 N–H and O–H groups in total. The maximum absolute atomic E-state index is 13.8. The predicted octanol–water partition coefficient (Wildman–Crippen LogP) is 1.76. The highest BCUT2D eigenvalue weighted by Gasteiger charge is 2.15. The van der Waals surface area contributed by atoms with E-state index in [0.717, 1.165) is 12.1 Å². The summed E-state index contributed by atoms with van der Waals surface area (Å²) in [5.41, 5.74) is 0.287. The van der Waals surface area contributed by atoms with Crippen LogP contribution in [-0.2, 0) is 4.79 Å². The van der Waals surface area contributed by atoms with E-state index in [1.807, 2.05) is 0 Å². The number of carbonyl (C=O) groups is 1. The molecule has 0 aliphatic carbocycles. The third-order valence-corrected chi connectivity index (χ3v) is 2.28. The van der Waals surface area contributed by atoms with Crippen molar-refractivity contribution in [3.8, 4) is 11.4 Å². The lowest BCUT2D eigenvalue weighted by molar-refractivity contribution is -0.131. The molecular weight excluding hydrogens is 263 g/mol. The van der Waals surface area contributed by atoms with E-state index >= 15 is 0 Å². The molecule has 18 heavy (non-hydrogen) atoms. The van der Waals surface area contributed by atoms with Gasteiger partial charge in [-0.05, 0) is 29.0 Å². The molecule has 0 radical (unpaired) electrons. The summed E-state index contributed by atoms with van der Waals surface area (Å²) in [5, 5.41) is 21.5. The van der Waals surface area contributed by atoms with Crippen molar-refractivity contribution in [1.82, 2.24) is 20.6 Å². The first-order valence-electron chi connectivity index (χ1n) is 4.72. The van der Waals surface area contributed by atoms with E-state index in [1.165, 1.54) is 12.1 Å². The Labute approximate surface area is 105 Å². The predicted molar refractivity (Wildman–Crippen MR) is 61.3 cm³/mol. The van der Waals surface area contributed by atoms with Gasteiger partial charge in [-0.3, -0.25) is 0 Å². The number of aromatic amines is 1. The van der Waals surface area contributed by atoms with Crippen LogP contribution in [0.2, 0.25) is 5.02 Å². The Morgan fingerprint density at radius 2 is 2.28 bits per heavy atom. The molecule has 0 atom stereocenters. The van der Waals surface area contributed by atoms with Crippen molar-refractivity contribution in [2.75, 3.05) is 0 Å². The van der Waals surface area contributed by atoms with Gasteiger partial charge in [-0.2, -0.15) is 5.21 Å². The van der Waals surface area contributed by atoms with Gasteiger partial charge in [0.05, 0.1) is 5.56 Å². The molecule has 8 heteroatoms. The summed E-state index contributed by atoms with van der Waals surface area (Å²) in [4.78, 5) is 10.5. The van der Waals surface area contributed by atoms with Gasteiger partial charge in [-0.1, -0.05) is 11.6 Å². The number of hydrogen-bond acceptors (Lipinski definition) is 4. The molecule has 0 fully saturated rings. The first kappa shape index (κ1) is 12.2. The number of carboxylic acid groups (broad SMARTS) is 1. The number of halogens is 2. The highest BCUT2D eigenvalue weighted by atomic mass is 35.5. The van der Waals surface area contributed by atoms with Crippen LogP contribution < -0.4 is 0 Å². The zero-order valence-electron chi connectivity index (χ0n) is 8.76. The molecule has 2 rings (SSSR count). The molecule has 2 aromatic rings. The van der Waals surface area contributed by atoms with Gasteiger partial charge in [0.25, 0.3) is 0 Å². The molecule has 0 amide bonds. The molecule has 1 aromatic carbocycles. The van der Waals surface area contributed by atoms with Crippen LogP contribution in [0.5, 0.6) is 0 Å². The fourth-order valence-corrected chi connectivity index (χ4v) is 1.60. The average molecular weight is 269 g/mol. The second-order valence-corrected chi connectivity index (χ2v) is 3.70. The van der Waals surface area contributed by atoms with Crippen molar-refractivity contribution in [1.29, 1.82) is 0 Å². The molecule has 0 saturated carbocycles. The smallest absolute Gasteiger partial charge is 0.328 e. The maximum atomic E-state index is 13.8. The minimum absolute atomic E-state index is 0.0224. The number of nitrogens with zero attached hydrogens (tertiary/aromatic N) is 3. The maximum Gasteiger partial charge on any atom is 0.328 e. The van der Waals surface area contributed by atoms with Crippen LogP contribution in [0.3, 0.4) is 0 Å². The lowest BCUT2D eigenvalue weighted by Crippen LogP contribution is -1.93. The molecule has 1 aromatic heterocycles. The summed E-state index contributed by atoms with van der Waals surface area (Å²) in [6, 6.07) is 2.50. The van der Waals surface area contributed by atoms with Gasteiger partial charge in [-0.15, -0.1) is 10.2 Å². The number of hydrogen-bond donors (Lipinski definition) is 2. The van der Waals surface area contributed by atoms with Crippen molar-refractivity contribution >= 4 is 23.6 Å². The summed E-state index contributed by atoms with van der Waals surface area (Å²) >= 11 is 5.71. The van der Waals surface area contributed by atoms with Crippen molar-refractivity contribution in [3.63, 3.8) is 0 Å². The zero-order chi connectivity index (χ0) is 13.1. The SMILES string of the molecule is O=C(O)/C=C/c1cc(Cl)cc(F)c1-c1nn[nH]n1. The summed E-state index contributed by atoms with van der Waals surface area (Å²) in [6.07, 6.45) is 2.08. The normalized spacial score (nSPS) is 11.0. The number of carboxylic acids is 1. The Balaban J connectivity index is 2.59. The van der Waals surface area contributed by atoms with E-state index in [-0.39, 0.29) is 22.0 Å². The van der Waals surface area contributed by atoms with E-state index in [9.17, 15) is 9.18 Å².